The van der Waals surface area contributed by atoms with Gasteiger partial charge in [-0.15, -0.1) is 0 Å². The predicted octanol–water partition coefficient (Wildman–Crippen LogP) is 6.61. The van der Waals surface area contributed by atoms with Crippen molar-refractivity contribution in [2.45, 2.75) is 38.5 Å². The second kappa shape index (κ2) is 9.63. The minimum absolute atomic E-state index is 0.225. The first-order valence-electron chi connectivity index (χ1n) is 11.6. The molecule has 0 saturated carbocycles. The molecule has 0 N–H and O–H groups in total. The summed E-state index contributed by atoms with van der Waals surface area (Å²) in [5.74, 6) is 0.562. The normalized spacial score (nSPS) is 18.6. The lowest BCUT2D eigenvalue weighted by Crippen LogP contribution is -2.26. The average molecular weight is 476 g/mol. The topological polar surface area (TPSA) is 32.5 Å². The van der Waals surface area contributed by atoms with E-state index < -0.39 is 0 Å². The molecule has 176 valence electrons. The zero-order valence-corrected chi connectivity index (χ0v) is 21.3. The molecule has 0 saturated heterocycles. The Kier molecular flexibility index (Phi) is 6.81. The highest BCUT2D eigenvalue weighted by Gasteiger charge is 2.43. The van der Waals surface area contributed by atoms with E-state index >= 15 is 0 Å². The maximum atomic E-state index is 10.8. The molecule has 0 fully saturated rings. The Bertz CT molecular complexity index is 1230. The van der Waals surface area contributed by atoms with Crippen LogP contribution in [0.3, 0.4) is 0 Å². The Morgan fingerprint density at radius 2 is 1.79 bits per heavy atom. The summed E-state index contributed by atoms with van der Waals surface area (Å²) in [5.41, 5.74) is 7.92. The van der Waals surface area contributed by atoms with Gasteiger partial charge >= 0.3 is 0 Å². The molecule has 0 radical (unpaired) electrons. The van der Waals surface area contributed by atoms with Crippen molar-refractivity contribution in [1.82, 2.24) is 0 Å². The van der Waals surface area contributed by atoms with Crippen molar-refractivity contribution in [2.24, 2.45) is 0 Å². The fourth-order valence-corrected chi connectivity index (χ4v) is 5.19. The van der Waals surface area contributed by atoms with Crippen molar-refractivity contribution in [3.05, 3.63) is 81.9 Å². The Hall–Kier alpha value is -3.11. The van der Waals surface area contributed by atoms with Gasteiger partial charge in [-0.25, -0.2) is 0 Å². The third-order valence-corrected chi connectivity index (χ3v) is 7.32. The van der Waals surface area contributed by atoms with Gasteiger partial charge in [-0.3, -0.25) is 4.79 Å². The van der Waals surface area contributed by atoms with Crippen molar-refractivity contribution >= 4 is 41.2 Å². The number of fused-ring (bicyclic) bond motifs is 1. The summed E-state index contributed by atoms with van der Waals surface area (Å²) in [6.45, 7) is 4.86. The van der Waals surface area contributed by atoms with Crippen molar-refractivity contribution < 1.29 is 14.1 Å². The molecule has 1 aliphatic carbocycles. The van der Waals surface area contributed by atoms with Gasteiger partial charge in [0.2, 0.25) is 5.69 Å². The smallest absolute Gasteiger partial charge is 0.298 e. The second-order valence-electron chi connectivity index (χ2n) is 9.64. The highest BCUT2D eigenvalue weighted by atomic mass is 35.5. The van der Waals surface area contributed by atoms with Crippen LogP contribution in [-0.2, 0) is 10.2 Å². The standard InChI is InChI=1S/C29H32ClN2O2/c1-29(2)25-18-24(34-19-33)14-15-26(25)32(5)27(29)16-11-21-7-6-8-22(28(21)30)17-20-9-12-23(13-10-20)31(3)4/h9-19H,6-8H2,1-5H3/q+1. The van der Waals surface area contributed by atoms with Crippen LogP contribution >= 0.6 is 11.6 Å². The first kappa shape index (κ1) is 24.0. The van der Waals surface area contributed by atoms with Crippen LogP contribution in [0.15, 0.2) is 70.8 Å². The number of rotatable bonds is 6. The number of hydrogen-bond donors (Lipinski definition) is 0. The van der Waals surface area contributed by atoms with Crippen LogP contribution in [0.25, 0.3) is 6.08 Å². The monoisotopic (exact) mass is 475 g/mol. The van der Waals surface area contributed by atoms with E-state index in [1.54, 1.807) is 0 Å². The maximum Gasteiger partial charge on any atom is 0.298 e. The van der Waals surface area contributed by atoms with Crippen LogP contribution in [0.1, 0.15) is 44.2 Å². The van der Waals surface area contributed by atoms with Crippen molar-refractivity contribution in [2.75, 3.05) is 26.0 Å². The third-order valence-electron chi connectivity index (χ3n) is 6.84. The highest BCUT2D eigenvalue weighted by molar-refractivity contribution is 6.33. The van der Waals surface area contributed by atoms with Gasteiger partial charge in [0.05, 0.1) is 5.41 Å². The lowest BCUT2D eigenvalue weighted by atomic mass is 9.81. The fourth-order valence-electron chi connectivity index (χ4n) is 4.88. The largest absolute Gasteiger partial charge is 0.429 e. The van der Waals surface area contributed by atoms with Crippen molar-refractivity contribution in [1.29, 1.82) is 0 Å². The molecule has 0 amide bonds. The van der Waals surface area contributed by atoms with E-state index in [4.69, 9.17) is 16.3 Å². The fraction of sp³-hybridized carbons (Fsp3) is 0.310. The summed E-state index contributed by atoms with van der Waals surface area (Å²) in [7, 11) is 6.17. The molecular weight excluding hydrogens is 444 g/mol. The number of carbonyl (C=O) groups excluding carboxylic acids is 1. The molecular formula is C29H32ClN2O2+. The minimum atomic E-state index is -0.225. The Labute approximate surface area is 207 Å². The van der Waals surface area contributed by atoms with E-state index in [9.17, 15) is 4.79 Å². The molecule has 2 aromatic carbocycles. The van der Waals surface area contributed by atoms with Crippen molar-refractivity contribution in [3.63, 3.8) is 0 Å². The van der Waals surface area contributed by atoms with E-state index in [0.29, 0.717) is 12.2 Å². The molecule has 2 aliphatic rings. The molecule has 0 spiro atoms. The molecule has 0 aromatic heterocycles. The SMILES string of the molecule is CN(C)c1ccc(C=C2CCCC(/C=C/C3=[N+](C)c4ccc(OC=O)cc4C3(C)C)=C2Cl)cc1. The molecule has 0 unspecified atom stereocenters. The van der Waals surface area contributed by atoms with Crippen LogP contribution in [0.5, 0.6) is 5.75 Å². The third kappa shape index (κ3) is 4.60. The molecule has 1 heterocycles. The zero-order chi connectivity index (χ0) is 24.5. The summed E-state index contributed by atoms with van der Waals surface area (Å²) in [6, 6.07) is 14.3. The molecule has 5 heteroatoms. The van der Waals surface area contributed by atoms with Gasteiger partial charge in [0, 0.05) is 42.5 Å². The summed E-state index contributed by atoms with van der Waals surface area (Å²) in [6.07, 6.45) is 9.60. The lowest BCUT2D eigenvalue weighted by Gasteiger charge is -2.18. The van der Waals surface area contributed by atoms with E-state index in [1.165, 1.54) is 28.1 Å². The highest BCUT2D eigenvalue weighted by Crippen LogP contribution is 2.42. The number of nitrogens with zero attached hydrogens (tertiary/aromatic N) is 2. The molecule has 0 atom stereocenters. The van der Waals surface area contributed by atoms with Gasteiger partial charge in [0.1, 0.15) is 12.8 Å². The van der Waals surface area contributed by atoms with Gasteiger partial charge in [-0.1, -0.05) is 35.9 Å². The number of ether oxygens (including phenoxy) is 1. The van der Waals surface area contributed by atoms with Gasteiger partial charge in [0.25, 0.3) is 6.47 Å². The van der Waals surface area contributed by atoms with Gasteiger partial charge in [-0.2, -0.15) is 4.58 Å². The number of hydrogen-bond acceptors (Lipinski definition) is 3. The molecule has 0 bridgehead atoms. The van der Waals surface area contributed by atoms with Gasteiger partial charge in [0.15, 0.2) is 5.71 Å². The minimum Gasteiger partial charge on any atom is -0.429 e. The van der Waals surface area contributed by atoms with Crippen molar-refractivity contribution in [3.8, 4) is 5.75 Å². The van der Waals surface area contributed by atoms with Crippen LogP contribution in [-0.4, -0.2) is 37.9 Å². The van der Waals surface area contributed by atoms with Crippen LogP contribution in [0, 0.1) is 0 Å². The van der Waals surface area contributed by atoms with Crippen LogP contribution in [0.4, 0.5) is 11.4 Å². The number of allylic oxidation sites excluding steroid dienone is 5. The first-order chi connectivity index (χ1) is 16.2. The zero-order valence-electron chi connectivity index (χ0n) is 20.6. The molecule has 1 aliphatic heterocycles. The van der Waals surface area contributed by atoms with E-state index in [1.807, 2.05) is 32.3 Å². The Morgan fingerprint density at radius 1 is 1.06 bits per heavy atom. The first-order valence-corrected chi connectivity index (χ1v) is 12.0. The Morgan fingerprint density at radius 3 is 2.47 bits per heavy atom. The summed E-state index contributed by atoms with van der Waals surface area (Å²) < 4.78 is 7.29. The maximum absolute atomic E-state index is 10.8. The quantitative estimate of drug-likeness (QED) is 0.348. The van der Waals surface area contributed by atoms with Crippen LogP contribution in [0.2, 0.25) is 0 Å². The number of benzene rings is 2. The Balaban J connectivity index is 1.62. The molecule has 34 heavy (non-hydrogen) atoms. The van der Waals surface area contributed by atoms with Crippen LogP contribution < -0.4 is 9.64 Å². The van der Waals surface area contributed by atoms with Gasteiger partial charge < -0.3 is 9.64 Å². The number of halogens is 1. The van der Waals surface area contributed by atoms with E-state index in [-0.39, 0.29) is 5.41 Å². The van der Waals surface area contributed by atoms with E-state index in [2.05, 4.69) is 72.9 Å². The predicted molar refractivity (Wildman–Crippen MR) is 142 cm³/mol. The molecule has 2 aromatic rings. The van der Waals surface area contributed by atoms with Gasteiger partial charge in [-0.05, 0) is 74.1 Å². The summed E-state index contributed by atoms with van der Waals surface area (Å²) >= 11 is 6.90. The summed E-state index contributed by atoms with van der Waals surface area (Å²) in [4.78, 5) is 12.9. The molecule has 4 nitrogen and oxygen atoms in total. The van der Waals surface area contributed by atoms with E-state index in [0.717, 1.165) is 35.5 Å². The summed E-state index contributed by atoms with van der Waals surface area (Å²) in [5, 5.41) is 0.859. The average Bonchev–Trinajstić information content (AvgIpc) is 3.00. The second-order valence-corrected chi connectivity index (χ2v) is 10.0. The molecule has 4 rings (SSSR count). The lowest BCUT2D eigenvalue weighted by molar-refractivity contribution is -0.401. The number of carbonyl (C=O) groups is 1. The number of anilines is 1.